The molecule has 1 atom stereocenters. The molecule has 1 aliphatic rings. The molecule has 1 aromatic heterocycles. The predicted molar refractivity (Wildman–Crippen MR) is 110 cm³/mol. The molecule has 1 N–H and O–H groups in total. The molecule has 8 nitrogen and oxygen atoms in total. The Morgan fingerprint density at radius 2 is 1.93 bits per heavy atom. The molecular weight excluding hydrogens is 414 g/mol. The number of methoxy groups -OCH3 is 1. The van der Waals surface area contributed by atoms with Gasteiger partial charge in [0.2, 0.25) is 11.8 Å². The lowest BCUT2D eigenvalue weighted by Gasteiger charge is -2.17. The average molecular weight is 438 g/mol. The number of hydrogen-bond donors (Lipinski definition) is 1. The Morgan fingerprint density at radius 1 is 1.24 bits per heavy atom. The van der Waals surface area contributed by atoms with Crippen molar-refractivity contribution in [3.63, 3.8) is 0 Å². The van der Waals surface area contributed by atoms with E-state index in [1.165, 1.54) is 20.2 Å². The molecule has 1 aliphatic heterocycles. The summed E-state index contributed by atoms with van der Waals surface area (Å²) in [5, 5.41) is 2.81. The van der Waals surface area contributed by atoms with Crippen molar-refractivity contribution in [2.24, 2.45) is 5.92 Å². The molecular formula is C19H23N3O5S2. The van der Waals surface area contributed by atoms with Crippen molar-refractivity contribution in [1.29, 1.82) is 0 Å². The first-order valence-corrected chi connectivity index (χ1v) is 11.2. The number of anilines is 1. The van der Waals surface area contributed by atoms with Gasteiger partial charge in [-0.3, -0.25) is 9.59 Å². The van der Waals surface area contributed by atoms with E-state index in [2.05, 4.69) is 5.32 Å². The molecule has 1 saturated heterocycles. The summed E-state index contributed by atoms with van der Waals surface area (Å²) in [5.74, 6) is -0.0820. The van der Waals surface area contributed by atoms with Crippen LogP contribution in [0.3, 0.4) is 0 Å². The molecule has 0 saturated carbocycles. The third-order valence-electron chi connectivity index (χ3n) is 4.69. The topological polar surface area (TPSA) is 96.0 Å². The third-order valence-corrected chi connectivity index (χ3v) is 8.06. The van der Waals surface area contributed by atoms with E-state index in [0.29, 0.717) is 12.3 Å². The van der Waals surface area contributed by atoms with Crippen LogP contribution in [0.4, 0.5) is 5.69 Å². The smallest absolute Gasteiger partial charge is 0.252 e. The van der Waals surface area contributed by atoms with Crippen LogP contribution in [-0.2, 0) is 26.2 Å². The molecule has 156 valence electrons. The number of nitrogens with one attached hydrogen (secondary N) is 1. The van der Waals surface area contributed by atoms with Crippen LogP contribution in [0.25, 0.3) is 0 Å². The summed E-state index contributed by atoms with van der Waals surface area (Å²) in [6.45, 7) is 0.529. The molecule has 29 heavy (non-hydrogen) atoms. The van der Waals surface area contributed by atoms with Gasteiger partial charge in [0.25, 0.3) is 10.0 Å². The minimum Gasteiger partial charge on any atom is -0.497 e. The fourth-order valence-corrected chi connectivity index (χ4v) is 5.45. The Hall–Kier alpha value is -2.43. The number of amides is 2. The van der Waals surface area contributed by atoms with Crippen molar-refractivity contribution in [1.82, 2.24) is 9.62 Å². The third kappa shape index (κ3) is 4.60. The van der Waals surface area contributed by atoms with E-state index in [1.807, 2.05) is 0 Å². The van der Waals surface area contributed by atoms with Gasteiger partial charge in [-0.25, -0.2) is 12.7 Å². The van der Waals surface area contributed by atoms with Crippen LogP contribution < -0.4 is 15.0 Å². The van der Waals surface area contributed by atoms with Gasteiger partial charge in [0.05, 0.1) is 19.6 Å². The molecule has 1 aromatic carbocycles. The number of hydrogen-bond acceptors (Lipinski definition) is 6. The zero-order valence-electron chi connectivity index (χ0n) is 16.4. The molecule has 1 fully saturated rings. The lowest BCUT2D eigenvalue weighted by molar-refractivity contribution is -0.126. The molecule has 2 heterocycles. The molecule has 0 bridgehead atoms. The highest BCUT2D eigenvalue weighted by molar-refractivity contribution is 7.91. The fourth-order valence-electron chi connectivity index (χ4n) is 2.99. The highest BCUT2D eigenvalue weighted by Crippen LogP contribution is 2.27. The fraction of sp³-hybridized carbons (Fsp3) is 0.368. The highest BCUT2D eigenvalue weighted by Gasteiger charge is 2.35. The first-order chi connectivity index (χ1) is 13.7. The largest absolute Gasteiger partial charge is 0.497 e. The Labute approximate surface area is 174 Å². The number of rotatable bonds is 7. The van der Waals surface area contributed by atoms with Gasteiger partial charge in [-0.2, -0.15) is 0 Å². The van der Waals surface area contributed by atoms with Crippen molar-refractivity contribution >= 4 is 38.9 Å². The van der Waals surface area contributed by atoms with E-state index >= 15 is 0 Å². The zero-order chi connectivity index (χ0) is 21.2. The molecule has 0 spiro atoms. The van der Waals surface area contributed by atoms with E-state index in [9.17, 15) is 18.0 Å². The van der Waals surface area contributed by atoms with E-state index < -0.39 is 15.9 Å². The van der Waals surface area contributed by atoms with Crippen molar-refractivity contribution < 1.29 is 22.7 Å². The summed E-state index contributed by atoms with van der Waals surface area (Å²) in [7, 11) is 1.04. The number of carbonyl (C=O) groups is 2. The van der Waals surface area contributed by atoms with Gasteiger partial charge in [-0.15, -0.1) is 11.3 Å². The molecule has 2 aromatic rings. The summed E-state index contributed by atoms with van der Waals surface area (Å²) in [5.41, 5.74) is 0.725. The first-order valence-electron chi connectivity index (χ1n) is 8.95. The number of sulfonamides is 1. The molecule has 3 rings (SSSR count). The molecule has 0 aliphatic carbocycles. The summed E-state index contributed by atoms with van der Waals surface area (Å²) in [6, 6.07) is 10.3. The predicted octanol–water partition coefficient (Wildman–Crippen LogP) is 1.68. The van der Waals surface area contributed by atoms with Crippen LogP contribution >= 0.6 is 11.3 Å². The summed E-state index contributed by atoms with van der Waals surface area (Å²) < 4.78 is 30.8. The minimum absolute atomic E-state index is 0.106. The van der Waals surface area contributed by atoms with Crippen LogP contribution in [0, 0.1) is 5.92 Å². The lowest BCUT2D eigenvalue weighted by atomic mass is 10.1. The van der Waals surface area contributed by atoms with Crippen LogP contribution in [0.2, 0.25) is 0 Å². The zero-order valence-corrected chi connectivity index (χ0v) is 18.0. The van der Waals surface area contributed by atoms with Gasteiger partial charge in [0.1, 0.15) is 9.96 Å². The highest BCUT2D eigenvalue weighted by atomic mass is 32.2. The molecule has 2 amide bonds. The Bertz CT molecular complexity index is 999. The van der Waals surface area contributed by atoms with E-state index in [4.69, 9.17) is 4.74 Å². The van der Waals surface area contributed by atoms with Crippen molar-refractivity contribution in [2.45, 2.75) is 17.2 Å². The van der Waals surface area contributed by atoms with E-state index in [-0.39, 0.29) is 29.0 Å². The van der Waals surface area contributed by atoms with Crippen LogP contribution in [0.1, 0.15) is 11.3 Å². The standard InChI is InChI=1S/C19H23N3O5S2/c1-21(2)29(25,26)18-9-8-16(28-18)11-20-19(24)13-10-17(23)22(12-13)14-4-6-15(27-3)7-5-14/h4-9,13H,10-12H2,1-3H3,(H,20,24)/t13-/m0/s1. The van der Waals surface area contributed by atoms with Crippen molar-refractivity contribution in [2.75, 3.05) is 32.6 Å². The second-order valence-corrected chi connectivity index (χ2v) is 10.4. The molecule has 10 heteroatoms. The maximum Gasteiger partial charge on any atom is 0.252 e. The molecule has 0 radical (unpaired) electrons. The molecule has 0 unspecified atom stereocenters. The van der Waals surface area contributed by atoms with Crippen LogP contribution in [-0.4, -0.2) is 52.3 Å². The van der Waals surface area contributed by atoms with Gasteiger partial charge in [-0.05, 0) is 36.4 Å². The number of carbonyl (C=O) groups excluding carboxylic acids is 2. The number of benzene rings is 1. The number of ether oxygens (including phenoxy) is 1. The first kappa shape index (κ1) is 21.3. The Kier molecular flexibility index (Phi) is 6.25. The maximum atomic E-state index is 12.5. The van der Waals surface area contributed by atoms with Gasteiger partial charge in [0.15, 0.2) is 0 Å². The van der Waals surface area contributed by atoms with Gasteiger partial charge < -0.3 is 15.0 Å². The van der Waals surface area contributed by atoms with E-state index in [1.54, 1.807) is 42.3 Å². The van der Waals surface area contributed by atoms with E-state index in [0.717, 1.165) is 26.2 Å². The van der Waals surface area contributed by atoms with Crippen LogP contribution in [0.15, 0.2) is 40.6 Å². The van der Waals surface area contributed by atoms with Gasteiger partial charge in [-0.1, -0.05) is 0 Å². The minimum atomic E-state index is -3.48. The maximum absolute atomic E-state index is 12.5. The Morgan fingerprint density at radius 3 is 2.55 bits per heavy atom. The van der Waals surface area contributed by atoms with Crippen LogP contribution in [0.5, 0.6) is 5.75 Å². The average Bonchev–Trinajstić information content (AvgIpc) is 3.33. The summed E-state index contributed by atoms with van der Waals surface area (Å²) in [6.07, 6.45) is 0.141. The second-order valence-electron chi connectivity index (χ2n) is 6.83. The lowest BCUT2D eigenvalue weighted by Crippen LogP contribution is -2.32. The number of thiophene rings is 1. The van der Waals surface area contributed by atoms with Gasteiger partial charge in [0, 0.05) is 37.6 Å². The quantitative estimate of drug-likeness (QED) is 0.711. The Balaban J connectivity index is 1.59. The summed E-state index contributed by atoms with van der Waals surface area (Å²) >= 11 is 1.12. The van der Waals surface area contributed by atoms with Crippen molar-refractivity contribution in [3.05, 3.63) is 41.3 Å². The summed E-state index contributed by atoms with van der Waals surface area (Å²) in [4.78, 5) is 27.2. The monoisotopic (exact) mass is 437 g/mol. The second kappa shape index (κ2) is 8.52. The van der Waals surface area contributed by atoms with Gasteiger partial charge >= 0.3 is 0 Å². The normalized spacial score (nSPS) is 17.0. The van der Waals surface area contributed by atoms with Crippen molar-refractivity contribution in [3.8, 4) is 5.75 Å². The number of nitrogens with zero attached hydrogens (tertiary/aromatic N) is 2. The SMILES string of the molecule is COc1ccc(N2C[C@@H](C(=O)NCc3ccc(S(=O)(=O)N(C)C)s3)CC2=O)cc1.